The highest BCUT2D eigenvalue weighted by molar-refractivity contribution is 7.90. The number of carbonyl (C=O) groups excluding carboxylic acids is 1. The van der Waals surface area contributed by atoms with Crippen molar-refractivity contribution in [2.24, 2.45) is 5.92 Å². The zero-order valence-electron chi connectivity index (χ0n) is 10.4. The number of ketones is 1. The zero-order chi connectivity index (χ0) is 13.5. The molecule has 2 heterocycles. The van der Waals surface area contributed by atoms with E-state index >= 15 is 0 Å². The molecule has 0 aromatic carbocycles. The van der Waals surface area contributed by atoms with Crippen LogP contribution in [0.5, 0.6) is 0 Å². The van der Waals surface area contributed by atoms with Gasteiger partial charge in [0.1, 0.15) is 11.3 Å². The third-order valence-electron chi connectivity index (χ3n) is 2.63. The summed E-state index contributed by atoms with van der Waals surface area (Å²) in [5, 5.41) is 0. The lowest BCUT2D eigenvalue weighted by Gasteiger charge is -1.98. The third kappa shape index (κ3) is 2.28. The number of sulfone groups is 1. The Hall–Kier alpha value is -1.69. The first kappa shape index (κ1) is 12.8. The van der Waals surface area contributed by atoms with Crippen molar-refractivity contribution in [2.45, 2.75) is 18.7 Å². The molecule has 0 amide bonds. The monoisotopic (exact) mass is 266 g/mol. The molecular formula is C12H14N2O3S. The number of carbonyl (C=O) groups is 1. The van der Waals surface area contributed by atoms with Crippen LogP contribution in [0.4, 0.5) is 0 Å². The van der Waals surface area contributed by atoms with Gasteiger partial charge in [-0.3, -0.25) is 4.79 Å². The van der Waals surface area contributed by atoms with Crippen LogP contribution in [0.1, 0.15) is 24.3 Å². The SMILES string of the molecule is CC(C)C(=O)c1cn2cc(S(C)(=O)=O)ccc2n1. The fraction of sp³-hybridized carbons (Fsp3) is 0.333. The summed E-state index contributed by atoms with van der Waals surface area (Å²) in [5.41, 5.74) is 0.919. The number of pyridine rings is 1. The molecule has 6 heteroatoms. The van der Waals surface area contributed by atoms with Gasteiger partial charge in [-0.25, -0.2) is 13.4 Å². The van der Waals surface area contributed by atoms with Gasteiger partial charge in [-0.2, -0.15) is 0 Å². The van der Waals surface area contributed by atoms with E-state index in [2.05, 4.69) is 4.98 Å². The summed E-state index contributed by atoms with van der Waals surface area (Å²) in [6.45, 7) is 3.60. The number of nitrogens with zero attached hydrogens (tertiary/aromatic N) is 2. The molecule has 0 aliphatic rings. The first-order valence-electron chi connectivity index (χ1n) is 5.52. The van der Waals surface area contributed by atoms with Gasteiger partial charge in [0, 0.05) is 24.6 Å². The molecule has 5 nitrogen and oxygen atoms in total. The maximum absolute atomic E-state index is 11.8. The van der Waals surface area contributed by atoms with Gasteiger partial charge in [0.05, 0.1) is 4.90 Å². The number of imidazole rings is 1. The van der Waals surface area contributed by atoms with E-state index in [9.17, 15) is 13.2 Å². The molecule has 0 N–H and O–H groups in total. The van der Waals surface area contributed by atoms with Crippen molar-refractivity contribution >= 4 is 21.3 Å². The first-order chi connectivity index (χ1) is 8.29. The smallest absolute Gasteiger partial charge is 0.185 e. The van der Waals surface area contributed by atoms with Gasteiger partial charge < -0.3 is 4.40 Å². The fourth-order valence-corrected chi connectivity index (χ4v) is 2.23. The second-order valence-corrected chi connectivity index (χ2v) is 6.56. The second kappa shape index (κ2) is 4.20. The summed E-state index contributed by atoms with van der Waals surface area (Å²) >= 11 is 0. The average Bonchev–Trinajstić information content (AvgIpc) is 2.68. The van der Waals surface area contributed by atoms with Gasteiger partial charge >= 0.3 is 0 Å². The number of hydrogen-bond acceptors (Lipinski definition) is 4. The molecule has 2 rings (SSSR count). The third-order valence-corrected chi connectivity index (χ3v) is 3.73. The maximum atomic E-state index is 11.8. The minimum Gasteiger partial charge on any atom is -0.305 e. The van der Waals surface area contributed by atoms with Crippen LogP contribution in [-0.4, -0.2) is 29.8 Å². The average molecular weight is 266 g/mol. The van der Waals surface area contributed by atoms with E-state index in [0.29, 0.717) is 11.3 Å². The van der Waals surface area contributed by atoms with Crippen molar-refractivity contribution in [3.8, 4) is 0 Å². The number of hydrogen-bond donors (Lipinski definition) is 0. The van der Waals surface area contributed by atoms with Crippen LogP contribution >= 0.6 is 0 Å². The van der Waals surface area contributed by atoms with E-state index in [1.807, 2.05) is 0 Å². The molecule has 0 spiro atoms. The number of fused-ring (bicyclic) bond motifs is 1. The molecular weight excluding hydrogens is 252 g/mol. The molecule has 0 atom stereocenters. The highest BCUT2D eigenvalue weighted by Gasteiger charge is 2.15. The lowest BCUT2D eigenvalue weighted by Crippen LogP contribution is -2.07. The molecule has 96 valence electrons. The van der Waals surface area contributed by atoms with E-state index in [-0.39, 0.29) is 16.6 Å². The minimum absolute atomic E-state index is 0.0559. The van der Waals surface area contributed by atoms with Gasteiger partial charge in [-0.15, -0.1) is 0 Å². The Labute approximate surface area is 105 Å². The maximum Gasteiger partial charge on any atom is 0.185 e. The highest BCUT2D eigenvalue weighted by Crippen LogP contribution is 2.14. The number of Topliss-reactive ketones (excluding diaryl/α,β-unsaturated/α-hetero) is 1. The standard InChI is InChI=1S/C12H14N2O3S/c1-8(2)12(15)10-7-14-6-9(18(3,16)17)4-5-11(14)13-10/h4-8H,1-3H3. The Morgan fingerprint density at radius 2 is 1.94 bits per heavy atom. The summed E-state index contributed by atoms with van der Waals surface area (Å²) in [6, 6.07) is 3.08. The second-order valence-electron chi connectivity index (χ2n) is 4.55. The molecule has 0 aliphatic heterocycles. The summed E-state index contributed by atoms with van der Waals surface area (Å²) in [7, 11) is -3.26. The molecule has 18 heavy (non-hydrogen) atoms. The van der Waals surface area contributed by atoms with Gasteiger partial charge in [0.15, 0.2) is 15.6 Å². The molecule has 0 bridgehead atoms. The van der Waals surface area contributed by atoms with Crippen LogP contribution in [-0.2, 0) is 9.84 Å². The summed E-state index contributed by atoms with van der Waals surface area (Å²) in [6.07, 6.45) is 4.17. The quantitative estimate of drug-likeness (QED) is 0.791. The molecule has 0 saturated carbocycles. The van der Waals surface area contributed by atoms with Gasteiger partial charge in [-0.1, -0.05) is 13.8 Å². The van der Waals surface area contributed by atoms with E-state index < -0.39 is 9.84 Å². The Bertz CT molecular complexity index is 714. The Morgan fingerprint density at radius 1 is 1.28 bits per heavy atom. The topological polar surface area (TPSA) is 68.5 Å². The lowest BCUT2D eigenvalue weighted by atomic mass is 10.1. The van der Waals surface area contributed by atoms with Gasteiger partial charge in [0.2, 0.25) is 0 Å². The summed E-state index contributed by atoms with van der Waals surface area (Å²) < 4.78 is 24.4. The van der Waals surface area contributed by atoms with Crippen molar-refractivity contribution in [3.63, 3.8) is 0 Å². The van der Waals surface area contributed by atoms with Crippen molar-refractivity contribution in [1.29, 1.82) is 0 Å². The first-order valence-corrected chi connectivity index (χ1v) is 7.41. The van der Waals surface area contributed by atoms with Crippen LogP contribution in [0, 0.1) is 5.92 Å². The predicted molar refractivity (Wildman–Crippen MR) is 67.5 cm³/mol. The van der Waals surface area contributed by atoms with Crippen LogP contribution < -0.4 is 0 Å². The molecule has 0 aliphatic carbocycles. The van der Waals surface area contributed by atoms with Crippen molar-refractivity contribution < 1.29 is 13.2 Å². The van der Waals surface area contributed by atoms with Crippen molar-refractivity contribution in [3.05, 3.63) is 30.2 Å². The number of aromatic nitrogens is 2. The van der Waals surface area contributed by atoms with E-state index in [1.54, 1.807) is 30.5 Å². The van der Waals surface area contributed by atoms with Crippen molar-refractivity contribution in [2.75, 3.05) is 6.26 Å². The summed E-state index contributed by atoms with van der Waals surface area (Å²) in [5.74, 6) is -0.191. The summed E-state index contributed by atoms with van der Waals surface area (Å²) in [4.78, 5) is 16.2. The van der Waals surface area contributed by atoms with Crippen LogP contribution in [0.3, 0.4) is 0 Å². The minimum atomic E-state index is -3.26. The lowest BCUT2D eigenvalue weighted by molar-refractivity contribution is 0.0935. The predicted octanol–water partition coefficient (Wildman–Crippen LogP) is 1.58. The van der Waals surface area contributed by atoms with E-state index in [1.165, 1.54) is 12.3 Å². The van der Waals surface area contributed by atoms with E-state index in [4.69, 9.17) is 0 Å². The van der Waals surface area contributed by atoms with Crippen LogP contribution in [0.2, 0.25) is 0 Å². The molecule has 0 unspecified atom stereocenters. The fourth-order valence-electron chi connectivity index (χ4n) is 1.61. The Morgan fingerprint density at radius 3 is 2.50 bits per heavy atom. The van der Waals surface area contributed by atoms with Crippen molar-refractivity contribution in [1.82, 2.24) is 9.38 Å². The molecule has 0 fully saturated rings. The van der Waals surface area contributed by atoms with Crippen LogP contribution in [0.15, 0.2) is 29.4 Å². The molecule has 2 aromatic rings. The highest BCUT2D eigenvalue weighted by atomic mass is 32.2. The number of rotatable bonds is 3. The Kier molecular flexibility index (Phi) is 2.98. The van der Waals surface area contributed by atoms with E-state index in [0.717, 1.165) is 6.26 Å². The normalized spacial score (nSPS) is 12.2. The van der Waals surface area contributed by atoms with Gasteiger partial charge in [0.25, 0.3) is 0 Å². The van der Waals surface area contributed by atoms with Gasteiger partial charge in [-0.05, 0) is 12.1 Å². The Balaban J connectivity index is 2.56. The molecule has 0 saturated heterocycles. The largest absolute Gasteiger partial charge is 0.305 e. The molecule has 2 aromatic heterocycles. The van der Waals surface area contributed by atoms with Crippen LogP contribution in [0.25, 0.3) is 5.65 Å². The zero-order valence-corrected chi connectivity index (χ0v) is 11.2. The molecule has 0 radical (unpaired) electrons.